The molecule has 0 heterocycles. The third-order valence-corrected chi connectivity index (χ3v) is 6.25. The summed E-state index contributed by atoms with van der Waals surface area (Å²) in [4.78, 5) is 32.1. The van der Waals surface area contributed by atoms with E-state index < -0.39 is 0 Å². The van der Waals surface area contributed by atoms with Gasteiger partial charge in [0.05, 0.1) is 5.92 Å². The average Bonchev–Trinajstić information content (AvgIpc) is 3.64. The van der Waals surface area contributed by atoms with Crippen LogP contribution in [0, 0.1) is 11.8 Å². The summed E-state index contributed by atoms with van der Waals surface area (Å²) < 4.78 is 0. The Morgan fingerprint density at radius 1 is 0.931 bits per heavy atom. The van der Waals surface area contributed by atoms with Crippen LogP contribution >= 0.6 is 11.8 Å². The van der Waals surface area contributed by atoms with Gasteiger partial charge in [-0.3, -0.25) is 4.79 Å². The molecule has 2 aliphatic rings. The van der Waals surface area contributed by atoms with Gasteiger partial charge in [0.1, 0.15) is 5.71 Å². The minimum atomic E-state index is -0.313. The smallest absolute Gasteiger partial charge is 0.318 e. The summed E-state index contributed by atoms with van der Waals surface area (Å²) in [6, 6.07) is 17.7. The lowest BCUT2D eigenvalue weighted by atomic mass is 10.0. The Hall–Kier alpha value is -2.40. The molecule has 2 fully saturated rings. The van der Waals surface area contributed by atoms with Crippen LogP contribution in [0.25, 0.3) is 0 Å². The fourth-order valence-corrected chi connectivity index (χ4v) is 3.96. The summed E-state index contributed by atoms with van der Waals surface area (Å²) in [5, 5.41) is 3.98. The van der Waals surface area contributed by atoms with Gasteiger partial charge in [-0.15, -0.1) is 0 Å². The summed E-state index contributed by atoms with van der Waals surface area (Å²) in [6.45, 7) is 0. The Bertz CT molecular complexity index is 884. The van der Waals surface area contributed by atoms with Gasteiger partial charge in [-0.05, 0) is 68.0 Å². The lowest BCUT2D eigenvalue weighted by Crippen LogP contribution is -2.16. The van der Waals surface area contributed by atoms with Crippen LogP contribution < -0.4 is 0 Å². The molecule has 4 nitrogen and oxygen atoms in total. The van der Waals surface area contributed by atoms with Gasteiger partial charge >= 0.3 is 5.97 Å². The molecule has 0 aromatic heterocycles. The van der Waals surface area contributed by atoms with Gasteiger partial charge in [-0.2, -0.15) is 0 Å². The zero-order valence-corrected chi connectivity index (χ0v) is 17.2. The van der Waals surface area contributed by atoms with Crippen LogP contribution in [0.5, 0.6) is 0 Å². The summed E-state index contributed by atoms with van der Waals surface area (Å²) in [5.41, 5.74) is 0.929. The average molecular weight is 408 g/mol. The molecule has 0 bridgehead atoms. The second kappa shape index (κ2) is 9.40. The van der Waals surface area contributed by atoms with Crippen molar-refractivity contribution in [2.45, 2.75) is 54.7 Å². The molecule has 0 amide bonds. The number of ketones is 1. The van der Waals surface area contributed by atoms with E-state index in [1.807, 2.05) is 42.5 Å². The monoisotopic (exact) mass is 407 g/mol. The third-order valence-electron chi connectivity index (χ3n) is 5.24. The molecule has 2 aromatic carbocycles. The highest BCUT2D eigenvalue weighted by molar-refractivity contribution is 7.99. The molecular formula is C24H25NO3S. The minimum Gasteiger partial charge on any atom is -0.318 e. The van der Waals surface area contributed by atoms with Crippen LogP contribution in [-0.2, 0) is 9.63 Å². The van der Waals surface area contributed by atoms with Crippen molar-refractivity contribution in [2.75, 3.05) is 0 Å². The first kappa shape index (κ1) is 19.9. The van der Waals surface area contributed by atoms with Crippen molar-refractivity contribution in [3.63, 3.8) is 0 Å². The molecule has 2 aromatic rings. The number of carbonyl (C=O) groups excluding carboxylic acids is 2. The Morgan fingerprint density at radius 3 is 2.28 bits per heavy atom. The number of hydrogen-bond donors (Lipinski definition) is 0. The maximum absolute atomic E-state index is 13.0. The number of nitrogens with zero attached hydrogens (tertiary/aromatic N) is 1. The number of hydrogen-bond acceptors (Lipinski definition) is 5. The number of rotatable bonds is 10. The van der Waals surface area contributed by atoms with Crippen molar-refractivity contribution in [3.05, 3.63) is 60.2 Å². The third kappa shape index (κ3) is 6.04. The van der Waals surface area contributed by atoms with E-state index in [1.165, 1.54) is 12.8 Å². The molecule has 0 unspecified atom stereocenters. The summed E-state index contributed by atoms with van der Waals surface area (Å²) in [5.74, 6) is 0.304. The highest BCUT2D eigenvalue weighted by atomic mass is 32.2. The molecule has 2 saturated carbocycles. The predicted octanol–water partition coefficient (Wildman–Crippen LogP) is 5.91. The van der Waals surface area contributed by atoms with Crippen molar-refractivity contribution < 1.29 is 14.4 Å². The van der Waals surface area contributed by atoms with Crippen LogP contribution in [0.4, 0.5) is 0 Å². The SMILES string of the molecule is O=C(C(CCCC1CC1)=NOC(=O)C1CC1)c1ccc(Sc2ccccc2)cc1. The van der Waals surface area contributed by atoms with E-state index >= 15 is 0 Å². The first-order valence-corrected chi connectivity index (χ1v) is 11.2. The van der Waals surface area contributed by atoms with E-state index in [2.05, 4.69) is 17.3 Å². The second-order valence-electron chi connectivity index (χ2n) is 7.83. The summed E-state index contributed by atoms with van der Waals surface area (Å²) in [7, 11) is 0. The van der Waals surface area contributed by atoms with Crippen LogP contribution in [0.15, 0.2) is 69.5 Å². The Balaban J connectivity index is 1.41. The maximum Gasteiger partial charge on any atom is 0.338 e. The molecule has 2 aliphatic carbocycles. The van der Waals surface area contributed by atoms with Crippen molar-refractivity contribution >= 4 is 29.2 Å². The molecule has 0 atom stereocenters. The first-order chi connectivity index (χ1) is 14.2. The quantitative estimate of drug-likeness (QED) is 0.213. The number of Topliss-reactive ketones (excluding diaryl/α,β-unsaturated/α-hetero) is 1. The van der Waals surface area contributed by atoms with Gasteiger partial charge in [0.2, 0.25) is 5.78 Å². The Morgan fingerprint density at radius 2 is 1.62 bits per heavy atom. The molecular weight excluding hydrogens is 382 g/mol. The second-order valence-corrected chi connectivity index (χ2v) is 8.97. The van der Waals surface area contributed by atoms with Crippen LogP contribution in [0.2, 0.25) is 0 Å². The van der Waals surface area contributed by atoms with Crippen LogP contribution in [0.1, 0.15) is 55.3 Å². The Labute approximate surface area is 175 Å². The van der Waals surface area contributed by atoms with Crippen LogP contribution in [0.3, 0.4) is 0 Å². The molecule has 4 rings (SSSR count). The molecule has 0 N–H and O–H groups in total. The van der Waals surface area contributed by atoms with Gasteiger partial charge < -0.3 is 4.84 Å². The van der Waals surface area contributed by atoms with Gasteiger partial charge in [0, 0.05) is 15.4 Å². The standard InChI is InChI=1S/C24H25NO3S/c26-23(18-13-15-21(16-14-18)29-20-6-2-1-3-7-20)22(8-4-5-17-9-10-17)25-28-24(27)19-11-12-19/h1-3,6-7,13-17,19H,4-5,8-12H2. The van der Waals surface area contributed by atoms with Gasteiger partial charge in [-0.25, -0.2) is 4.79 Å². The number of benzene rings is 2. The minimum absolute atomic E-state index is 0.0316. The largest absolute Gasteiger partial charge is 0.338 e. The molecule has 0 aliphatic heterocycles. The molecule has 0 saturated heterocycles. The van der Waals surface area contributed by atoms with Crippen molar-refractivity contribution in [2.24, 2.45) is 17.0 Å². The number of oxime groups is 1. The zero-order chi connectivity index (χ0) is 20.1. The highest BCUT2D eigenvalue weighted by Crippen LogP contribution is 2.34. The molecule has 0 radical (unpaired) electrons. The summed E-state index contributed by atoms with van der Waals surface area (Å²) in [6.07, 6.45) is 6.86. The zero-order valence-electron chi connectivity index (χ0n) is 16.4. The topological polar surface area (TPSA) is 55.7 Å². The van der Waals surface area contributed by atoms with E-state index in [4.69, 9.17) is 4.84 Å². The maximum atomic E-state index is 13.0. The number of carbonyl (C=O) groups is 2. The van der Waals surface area contributed by atoms with E-state index in [1.54, 1.807) is 11.8 Å². The fourth-order valence-electron chi connectivity index (χ4n) is 3.12. The fraction of sp³-hybridized carbons (Fsp3) is 0.375. The lowest BCUT2D eigenvalue weighted by Gasteiger charge is -2.07. The molecule has 29 heavy (non-hydrogen) atoms. The van der Waals surface area contributed by atoms with Crippen molar-refractivity contribution in [3.8, 4) is 0 Å². The first-order valence-electron chi connectivity index (χ1n) is 10.3. The van der Waals surface area contributed by atoms with E-state index in [0.29, 0.717) is 17.7 Å². The summed E-state index contributed by atoms with van der Waals surface area (Å²) >= 11 is 1.65. The molecule has 150 valence electrons. The van der Waals surface area contributed by atoms with E-state index in [-0.39, 0.29) is 17.7 Å². The molecule has 0 spiro atoms. The van der Waals surface area contributed by atoms with E-state index in [9.17, 15) is 9.59 Å². The molecule has 5 heteroatoms. The normalized spacial score (nSPS) is 16.5. The highest BCUT2D eigenvalue weighted by Gasteiger charge is 2.32. The van der Waals surface area contributed by atoms with E-state index in [0.717, 1.165) is 41.4 Å². The van der Waals surface area contributed by atoms with Gasteiger partial charge in [-0.1, -0.05) is 54.4 Å². The van der Waals surface area contributed by atoms with Crippen LogP contribution in [-0.4, -0.2) is 17.5 Å². The van der Waals surface area contributed by atoms with Gasteiger partial charge in [0.25, 0.3) is 0 Å². The van der Waals surface area contributed by atoms with Crippen molar-refractivity contribution in [1.82, 2.24) is 0 Å². The van der Waals surface area contributed by atoms with Crippen molar-refractivity contribution in [1.29, 1.82) is 0 Å². The predicted molar refractivity (Wildman–Crippen MR) is 114 cm³/mol. The Kier molecular flexibility index (Phi) is 6.45. The lowest BCUT2D eigenvalue weighted by molar-refractivity contribution is -0.145. The van der Waals surface area contributed by atoms with Gasteiger partial charge in [0.15, 0.2) is 0 Å².